The molecule has 0 rings (SSSR count). The number of hydrogen-bond donors (Lipinski definition) is 1. The first-order valence-corrected chi connectivity index (χ1v) is 6.51. The van der Waals surface area contributed by atoms with Crippen LogP contribution in [-0.2, 0) is 0 Å². The average Bonchev–Trinajstić information content (AvgIpc) is 2.24. The fourth-order valence-corrected chi connectivity index (χ4v) is 1.80. The number of aliphatic hydroxyl groups is 1. The van der Waals surface area contributed by atoms with Gasteiger partial charge in [0.05, 0.1) is 6.10 Å². The highest BCUT2D eigenvalue weighted by Crippen LogP contribution is 2.17. The van der Waals surface area contributed by atoms with Gasteiger partial charge in [0.2, 0.25) is 0 Å². The summed E-state index contributed by atoms with van der Waals surface area (Å²) >= 11 is 0. The van der Waals surface area contributed by atoms with E-state index in [2.05, 4.69) is 26.0 Å². The average molecular weight is 212 g/mol. The quantitative estimate of drug-likeness (QED) is 0.446. The number of unbranched alkanes of at least 4 members (excludes halogenated alkanes) is 3. The molecule has 0 aliphatic carbocycles. The van der Waals surface area contributed by atoms with Gasteiger partial charge in [0.25, 0.3) is 0 Å². The molecule has 0 fully saturated rings. The maximum Gasteiger partial charge on any atom is 0.0565 e. The zero-order valence-corrected chi connectivity index (χ0v) is 10.7. The van der Waals surface area contributed by atoms with E-state index in [1.165, 1.54) is 25.7 Å². The minimum Gasteiger partial charge on any atom is -0.393 e. The Hall–Kier alpha value is -0.300. The normalized spacial score (nSPS) is 15.7. The Morgan fingerprint density at radius 2 is 1.87 bits per heavy atom. The lowest BCUT2D eigenvalue weighted by molar-refractivity contribution is 0.0997. The van der Waals surface area contributed by atoms with Crippen molar-refractivity contribution in [2.45, 2.75) is 71.8 Å². The summed E-state index contributed by atoms with van der Waals surface area (Å²) in [5.74, 6) is 0.474. The van der Waals surface area contributed by atoms with Gasteiger partial charge in [-0.25, -0.2) is 0 Å². The van der Waals surface area contributed by atoms with Gasteiger partial charge in [0.1, 0.15) is 0 Å². The molecule has 0 bridgehead atoms. The van der Waals surface area contributed by atoms with Gasteiger partial charge in [-0.3, -0.25) is 0 Å². The Morgan fingerprint density at radius 3 is 2.47 bits per heavy atom. The molecule has 0 saturated heterocycles. The largest absolute Gasteiger partial charge is 0.393 e. The first kappa shape index (κ1) is 14.7. The monoisotopic (exact) mass is 212 g/mol. The molecule has 90 valence electrons. The summed E-state index contributed by atoms with van der Waals surface area (Å²) in [6.07, 6.45) is 12.4. The van der Waals surface area contributed by atoms with Gasteiger partial charge in [0, 0.05) is 0 Å². The van der Waals surface area contributed by atoms with Crippen molar-refractivity contribution < 1.29 is 5.11 Å². The van der Waals surface area contributed by atoms with Crippen molar-refractivity contribution in [3.63, 3.8) is 0 Å². The van der Waals surface area contributed by atoms with E-state index < -0.39 is 0 Å². The van der Waals surface area contributed by atoms with E-state index in [1.807, 2.05) is 6.92 Å². The molecule has 2 unspecified atom stereocenters. The lowest BCUT2D eigenvalue weighted by Gasteiger charge is -2.18. The van der Waals surface area contributed by atoms with Gasteiger partial charge in [-0.15, -0.1) is 0 Å². The summed E-state index contributed by atoms with van der Waals surface area (Å²) in [4.78, 5) is 0. The van der Waals surface area contributed by atoms with Gasteiger partial charge in [-0.2, -0.15) is 0 Å². The van der Waals surface area contributed by atoms with E-state index in [0.29, 0.717) is 5.92 Å². The van der Waals surface area contributed by atoms with Crippen molar-refractivity contribution in [3.05, 3.63) is 12.2 Å². The highest BCUT2D eigenvalue weighted by atomic mass is 16.3. The second-order valence-electron chi connectivity index (χ2n) is 4.54. The van der Waals surface area contributed by atoms with Crippen LogP contribution in [-0.4, -0.2) is 11.2 Å². The van der Waals surface area contributed by atoms with Crippen LogP contribution < -0.4 is 0 Å². The predicted octanol–water partition coefficient (Wildman–Crippen LogP) is 4.31. The fourth-order valence-electron chi connectivity index (χ4n) is 1.80. The van der Waals surface area contributed by atoms with Gasteiger partial charge in [0.15, 0.2) is 0 Å². The van der Waals surface area contributed by atoms with E-state index in [9.17, 15) is 5.11 Å². The smallest absolute Gasteiger partial charge is 0.0565 e. The highest BCUT2D eigenvalue weighted by Gasteiger charge is 2.12. The molecule has 0 amide bonds. The van der Waals surface area contributed by atoms with Crippen LogP contribution in [0.1, 0.15) is 65.7 Å². The van der Waals surface area contributed by atoms with Crippen molar-refractivity contribution in [2.75, 3.05) is 0 Å². The number of aliphatic hydroxyl groups excluding tert-OH is 1. The van der Waals surface area contributed by atoms with E-state index >= 15 is 0 Å². The Labute approximate surface area is 95.6 Å². The first-order valence-electron chi connectivity index (χ1n) is 6.51. The topological polar surface area (TPSA) is 20.2 Å². The first-order chi connectivity index (χ1) is 7.22. The third-order valence-electron chi connectivity index (χ3n) is 3.03. The van der Waals surface area contributed by atoms with Gasteiger partial charge >= 0.3 is 0 Å². The van der Waals surface area contributed by atoms with E-state index in [-0.39, 0.29) is 6.10 Å². The summed E-state index contributed by atoms with van der Waals surface area (Å²) in [5.41, 5.74) is 0. The minimum atomic E-state index is -0.0906. The molecule has 1 nitrogen and oxygen atoms in total. The summed E-state index contributed by atoms with van der Waals surface area (Å²) in [6, 6.07) is 0. The van der Waals surface area contributed by atoms with Gasteiger partial charge in [-0.05, 0) is 38.5 Å². The standard InChI is InChI=1S/C14H28O/c1-4-6-8-10-12-14(15)13(3)11-9-7-5-2/h4,6,13-15H,5,7-12H2,1-3H3/b6-4+. The molecule has 0 spiro atoms. The highest BCUT2D eigenvalue weighted by molar-refractivity contribution is 4.77. The third-order valence-corrected chi connectivity index (χ3v) is 3.03. The zero-order valence-electron chi connectivity index (χ0n) is 10.7. The molecule has 2 atom stereocenters. The second-order valence-corrected chi connectivity index (χ2v) is 4.54. The second kappa shape index (κ2) is 10.2. The number of allylic oxidation sites excluding steroid dienone is 2. The lowest BCUT2D eigenvalue weighted by atomic mass is 9.94. The zero-order chi connectivity index (χ0) is 11.5. The summed E-state index contributed by atoms with van der Waals surface area (Å²) in [5, 5.41) is 9.89. The molecule has 0 aromatic carbocycles. The summed E-state index contributed by atoms with van der Waals surface area (Å²) in [6.45, 7) is 6.44. The van der Waals surface area contributed by atoms with Gasteiger partial charge in [-0.1, -0.05) is 45.3 Å². The third kappa shape index (κ3) is 8.68. The van der Waals surface area contributed by atoms with Crippen LogP contribution in [0.15, 0.2) is 12.2 Å². The molecule has 0 aromatic rings. The predicted molar refractivity (Wildman–Crippen MR) is 68.0 cm³/mol. The SMILES string of the molecule is C/C=C/CCCC(O)C(C)CCCCC. The Balaban J connectivity index is 3.46. The molecular formula is C14H28O. The van der Waals surface area contributed by atoms with Crippen LogP contribution in [0.4, 0.5) is 0 Å². The Bertz CT molecular complexity index is 151. The number of rotatable bonds is 9. The molecule has 15 heavy (non-hydrogen) atoms. The molecule has 0 heterocycles. The van der Waals surface area contributed by atoms with Crippen molar-refractivity contribution in [2.24, 2.45) is 5.92 Å². The van der Waals surface area contributed by atoms with Crippen LogP contribution in [0.2, 0.25) is 0 Å². The summed E-state index contributed by atoms with van der Waals surface area (Å²) in [7, 11) is 0. The van der Waals surface area contributed by atoms with Crippen molar-refractivity contribution in [1.82, 2.24) is 0 Å². The molecule has 0 aromatic heterocycles. The van der Waals surface area contributed by atoms with E-state index in [1.54, 1.807) is 0 Å². The lowest BCUT2D eigenvalue weighted by Crippen LogP contribution is -2.17. The molecule has 0 aliphatic heterocycles. The van der Waals surface area contributed by atoms with Crippen LogP contribution >= 0.6 is 0 Å². The Kier molecular flexibility index (Phi) is 10.0. The molecule has 0 radical (unpaired) electrons. The molecule has 1 N–H and O–H groups in total. The maximum atomic E-state index is 9.89. The maximum absolute atomic E-state index is 9.89. The number of hydrogen-bond acceptors (Lipinski definition) is 1. The minimum absolute atomic E-state index is 0.0906. The molecule has 1 heteroatoms. The molecule has 0 saturated carbocycles. The van der Waals surface area contributed by atoms with E-state index in [0.717, 1.165) is 19.3 Å². The van der Waals surface area contributed by atoms with Gasteiger partial charge < -0.3 is 5.11 Å². The van der Waals surface area contributed by atoms with Crippen LogP contribution in [0, 0.1) is 5.92 Å². The van der Waals surface area contributed by atoms with Crippen LogP contribution in [0.25, 0.3) is 0 Å². The van der Waals surface area contributed by atoms with E-state index in [4.69, 9.17) is 0 Å². The fraction of sp³-hybridized carbons (Fsp3) is 0.857. The summed E-state index contributed by atoms with van der Waals surface area (Å²) < 4.78 is 0. The molecular weight excluding hydrogens is 184 g/mol. The van der Waals surface area contributed by atoms with Crippen molar-refractivity contribution in [3.8, 4) is 0 Å². The van der Waals surface area contributed by atoms with Crippen molar-refractivity contribution in [1.29, 1.82) is 0 Å². The van der Waals surface area contributed by atoms with Crippen LogP contribution in [0.5, 0.6) is 0 Å². The molecule has 0 aliphatic rings. The van der Waals surface area contributed by atoms with Crippen LogP contribution in [0.3, 0.4) is 0 Å². The Morgan fingerprint density at radius 1 is 1.13 bits per heavy atom. The van der Waals surface area contributed by atoms with Crippen molar-refractivity contribution >= 4 is 0 Å².